The minimum absolute atomic E-state index is 0.786. The first-order chi connectivity index (χ1) is 14.8. The number of rotatable bonds is 12. The van der Waals surface area contributed by atoms with Crippen LogP contribution in [0.2, 0.25) is 0 Å². The number of unbranched alkanes of at least 4 members (excludes halogenated alkanes) is 3. The fourth-order valence-corrected chi connectivity index (χ4v) is 4.54. The zero-order chi connectivity index (χ0) is 21.0. The Morgan fingerprint density at radius 2 is 1.40 bits per heavy atom. The van der Waals surface area contributed by atoms with Gasteiger partial charge < -0.3 is 4.74 Å². The summed E-state index contributed by atoms with van der Waals surface area (Å²) in [5.74, 6) is 3.79. The van der Waals surface area contributed by atoms with Gasteiger partial charge in [-0.1, -0.05) is 83.8 Å². The lowest BCUT2D eigenvalue weighted by Crippen LogP contribution is -2.15. The van der Waals surface area contributed by atoms with Gasteiger partial charge >= 0.3 is 0 Å². The van der Waals surface area contributed by atoms with E-state index in [1.54, 1.807) is 0 Å². The Morgan fingerprint density at radius 3 is 2.03 bits per heavy atom. The van der Waals surface area contributed by atoms with E-state index in [1.165, 1.54) is 57.8 Å². The van der Waals surface area contributed by atoms with Gasteiger partial charge in [0.25, 0.3) is 0 Å². The topological polar surface area (TPSA) is 35.0 Å². The van der Waals surface area contributed by atoms with E-state index in [0.717, 1.165) is 60.4 Å². The second kappa shape index (κ2) is 12.7. The van der Waals surface area contributed by atoms with Gasteiger partial charge in [0, 0.05) is 24.4 Å². The number of hydrogen-bond acceptors (Lipinski definition) is 3. The normalized spacial score (nSPS) is 19.0. The van der Waals surface area contributed by atoms with Gasteiger partial charge in [-0.15, -0.1) is 0 Å². The molecule has 3 rings (SSSR count). The van der Waals surface area contributed by atoms with Gasteiger partial charge in [0.15, 0.2) is 0 Å². The van der Waals surface area contributed by atoms with Crippen molar-refractivity contribution in [1.82, 2.24) is 9.97 Å². The average Bonchev–Trinajstić information content (AvgIpc) is 2.80. The standard InChI is InChI=1S/C27H40N2O/c1-3-5-7-8-22-9-11-23(12-10-22)13-18-27-28-20-25(21-29-27)24-14-16-26(17-15-24)30-19-6-4-2/h14-17,20-23H,3-13,18-19H2,1-2H3. The van der Waals surface area contributed by atoms with E-state index in [2.05, 4.69) is 35.9 Å². The van der Waals surface area contributed by atoms with Crippen molar-refractivity contribution in [3.8, 4) is 16.9 Å². The van der Waals surface area contributed by atoms with Gasteiger partial charge in [-0.25, -0.2) is 9.97 Å². The maximum Gasteiger partial charge on any atom is 0.128 e. The lowest BCUT2D eigenvalue weighted by Gasteiger charge is -2.28. The minimum Gasteiger partial charge on any atom is -0.494 e. The molecule has 3 nitrogen and oxygen atoms in total. The number of nitrogens with zero attached hydrogens (tertiary/aromatic N) is 2. The van der Waals surface area contributed by atoms with E-state index < -0.39 is 0 Å². The summed E-state index contributed by atoms with van der Waals surface area (Å²) in [7, 11) is 0. The van der Waals surface area contributed by atoms with Crippen molar-refractivity contribution in [3.05, 3.63) is 42.5 Å². The molecule has 0 spiro atoms. The molecule has 164 valence electrons. The molecular formula is C27H40N2O. The Kier molecular flexibility index (Phi) is 9.66. The van der Waals surface area contributed by atoms with Crippen molar-refractivity contribution in [3.63, 3.8) is 0 Å². The van der Waals surface area contributed by atoms with Crippen LogP contribution in [0.1, 0.15) is 90.3 Å². The molecule has 0 bridgehead atoms. The maximum atomic E-state index is 5.75. The molecule has 1 aliphatic rings. The van der Waals surface area contributed by atoms with Crippen LogP contribution < -0.4 is 4.74 Å². The van der Waals surface area contributed by atoms with Gasteiger partial charge in [0.05, 0.1) is 6.61 Å². The molecule has 1 aromatic heterocycles. The van der Waals surface area contributed by atoms with Crippen LogP contribution in [0.25, 0.3) is 11.1 Å². The third-order valence-electron chi connectivity index (χ3n) is 6.62. The average molecular weight is 409 g/mol. The van der Waals surface area contributed by atoms with E-state index in [4.69, 9.17) is 4.74 Å². The molecule has 1 aromatic carbocycles. The Bertz CT molecular complexity index is 703. The molecule has 0 unspecified atom stereocenters. The van der Waals surface area contributed by atoms with E-state index in [1.807, 2.05) is 24.5 Å². The van der Waals surface area contributed by atoms with Gasteiger partial charge in [-0.2, -0.15) is 0 Å². The molecule has 1 saturated carbocycles. The molecule has 0 atom stereocenters. The summed E-state index contributed by atoms with van der Waals surface area (Å²) < 4.78 is 5.75. The summed E-state index contributed by atoms with van der Waals surface area (Å²) in [5.41, 5.74) is 2.22. The molecule has 2 aromatic rings. The number of ether oxygens (including phenoxy) is 1. The Hall–Kier alpha value is -1.90. The summed E-state index contributed by atoms with van der Waals surface area (Å²) in [6, 6.07) is 8.27. The van der Waals surface area contributed by atoms with Gasteiger partial charge in [0.2, 0.25) is 0 Å². The molecule has 0 N–H and O–H groups in total. The molecule has 0 radical (unpaired) electrons. The van der Waals surface area contributed by atoms with E-state index in [9.17, 15) is 0 Å². The number of aryl methyl sites for hydroxylation is 1. The van der Waals surface area contributed by atoms with Crippen LogP contribution in [-0.2, 0) is 6.42 Å². The van der Waals surface area contributed by atoms with Crippen molar-refractivity contribution in [1.29, 1.82) is 0 Å². The molecule has 1 fully saturated rings. The fraction of sp³-hybridized carbons (Fsp3) is 0.630. The van der Waals surface area contributed by atoms with Crippen LogP contribution in [0, 0.1) is 11.8 Å². The zero-order valence-electron chi connectivity index (χ0n) is 19.1. The predicted molar refractivity (Wildman–Crippen MR) is 126 cm³/mol. The molecular weight excluding hydrogens is 368 g/mol. The molecule has 0 saturated heterocycles. The Labute approximate surface area is 183 Å². The van der Waals surface area contributed by atoms with Crippen molar-refractivity contribution >= 4 is 0 Å². The summed E-state index contributed by atoms with van der Waals surface area (Å²) >= 11 is 0. The molecule has 1 aliphatic carbocycles. The third kappa shape index (κ3) is 7.41. The second-order valence-corrected chi connectivity index (χ2v) is 9.04. The van der Waals surface area contributed by atoms with Crippen molar-refractivity contribution < 1.29 is 4.74 Å². The fourth-order valence-electron chi connectivity index (χ4n) is 4.54. The smallest absolute Gasteiger partial charge is 0.128 e. The third-order valence-corrected chi connectivity index (χ3v) is 6.62. The highest BCUT2D eigenvalue weighted by molar-refractivity contribution is 5.62. The van der Waals surface area contributed by atoms with Crippen molar-refractivity contribution in [2.24, 2.45) is 11.8 Å². The molecule has 0 aliphatic heterocycles. The highest BCUT2D eigenvalue weighted by atomic mass is 16.5. The SMILES string of the molecule is CCCCCC1CCC(CCc2ncc(-c3ccc(OCCCC)cc3)cn2)CC1. The van der Waals surface area contributed by atoms with Crippen molar-refractivity contribution in [2.75, 3.05) is 6.61 Å². The highest BCUT2D eigenvalue weighted by Gasteiger charge is 2.20. The summed E-state index contributed by atoms with van der Waals surface area (Å²) in [5, 5.41) is 0. The van der Waals surface area contributed by atoms with Crippen molar-refractivity contribution in [2.45, 2.75) is 90.9 Å². The van der Waals surface area contributed by atoms with E-state index in [-0.39, 0.29) is 0 Å². The lowest BCUT2D eigenvalue weighted by molar-refractivity contribution is 0.248. The summed E-state index contributed by atoms with van der Waals surface area (Å²) in [6.45, 7) is 5.26. The van der Waals surface area contributed by atoms with Crippen LogP contribution >= 0.6 is 0 Å². The number of aromatic nitrogens is 2. The highest BCUT2D eigenvalue weighted by Crippen LogP contribution is 2.34. The molecule has 3 heteroatoms. The first kappa shape index (κ1) is 22.8. The van der Waals surface area contributed by atoms with Crippen LogP contribution in [-0.4, -0.2) is 16.6 Å². The summed E-state index contributed by atoms with van der Waals surface area (Å²) in [6.07, 6.45) is 19.8. The van der Waals surface area contributed by atoms with Gasteiger partial charge in [0.1, 0.15) is 11.6 Å². The number of benzene rings is 1. The number of hydrogen-bond donors (Lipinski definition) is 0. The van der Waals surface area contributed by atoms with Gasteiger partial charge in [-0.3, -0.25) is 0 Å². The lowest BCUT2D eigenvalue weighted by atomic mass is 9.78. The Balaban J connectivity index is 1.41. The minimum atomic E-state index is 0.786. The monoisotopic (exact) mass is 408 g/mol. The van der Waals surface area contributed by atoms with Crippen LogP contribution in [0.4, 0.5) is 0 Å². The zero-order valence-corrected chi connectivity index (χ0v) is 19.1. The summed E-state index contributed by atoms with van der Waals surface area (Å²) in [4.78, 5) is 9.29. The van der Waals surface area contributed by atoms with Gasteiger partial charge in [-0.05, 0) is 42.4 Å². The van der Waals surface area contributed by atoms with E-state index >= 15 is 0 Å². The second-order valence-electron chi connectivity index (χ2n) is 9.04. The first-order valence-electron chi connectivity index (χ1n) is 12.3. The quantitative estimate of drug-likeness (QED) is 0.338. The largest absolute Gasteiger partial charge is 0.494 e. The van der Waals surface area contributed by atoms with E-state index in [0.29, 0.717) is 0 Å². The maximum absolute atomic E-state index is 5.75. The van der Waals surface area contributed by atoms with Crippen LogP contribution in [0.3, 0.4) is 0 Å². The molecule has 1 heterocycles. The van der Waals surface area contributed by atoms with Crippen LogP contribution in [0.15, 0.2) is 36.7 Å². The predicted octanol–water partition coefficient (Wildman–Crippen LogP) is 7.64. The molecule has 30 heavy (non-hydrogen) atoms. The molecule has 0 amide bonds. The first-order valence-corrected chi connectivity index (χ1v) is 12.3. The Morgan fingerprint density at radius 1 is 0.767 bits per heavy atom. The van der Waals surface area contributed by atoms with Crippen LogP contribution in [0.5, 0.6) is 5.75 Å².